The number of aromatic nitrogens is 2. The summed E-state index contributed by atoms with van der Waals surface area (Å²) in [5, 5.41) is 18.4. The fourth-order valence-electron chi connectivity index (χ4n) is 4.19. The predicted octanol–water partition coefficient (Wildman–Crippen LogP) is 4.70. The molecule has 0 fully saturated rings. The highest BCUT2D eigenvalue weighted by Gasteiger charge is 2.40. The zero-order valence-electron chi connectivity index (χ0n) is 25.1. The summed E-state index contributed by atoms with van der Waals surface area (Å²) in [5.74, 6) is 0.826. The number of nitrogens with one attached hydrogen (secondary N) is 1. The fourth-order valence-corrected chi connectivity index (χ4v) is 4.19. The van der Waals surface area contributed by atoms with Crippen LogP contribution in [0.1, 0.15) is 77.5 Å². The highest BCUT2D eigenvalue weighted by molar-refractivity contribution is 5.87. The third-order valence-corrected chi connectivity index (χ3v) is 6.51. The number of alkyl halides is 3. The summed E-state index contributed by atoms with van der Waals surface area (Å²) in [5.41, 5.74) is -0.541. The molecule has 2 rings (SSSR count). The monoisotopic (exact) mass is 612 g/mol. The van der Waals surface area contributed by atoms with E-state index in [-0.39, 0.29) is 24.2 Å². The smallest absolute Gasteiger partial charge is 0.475 e. The van der Waals surface area contributed by atoms with Gasteiger partial charge in [-0.05, 0) is 26.2 Å². The Bertz CT molecular complexity index is 1110. The number of allylic oxidation sites excluding steroid dienone is 1. The zero-order chi connectivity index (χ0) is 32.5. The summed E-state index contributed by atoms with van der Waals surface area (Å²) >= 11 is 0. The number of carboxylic acids is 1. The Morgan fingerprint density at radius 1 is 1.30 bits per heavy atom. The first-order valence-electron chi connectivity index (χ1n) is 14.3. The molecule has 0 saturated heterocycles. The van der Waals surface area contributed by atoms with E-state index in [1.54, 1.807) is 11.1 Å². The summed E-state index contributed by atoms with van der Waals surface area (Å²) < 4.78 is 39.2. The Balaban J connectivity index is 0.00000117. The lowest BCUT2D eigenvalue weighted by Gasteiger charge is -2.32. The van der Waals surface area contributed by atoms with Crippen LogP contribution >= 0.6 is 0 Å². The third kappa shape index (κ3) is 13.9. The van der Waals surface area contributed by atoms with Crippen molar-refractivity contribution >= 4 is 17.8 Å². The third-order valence-electron chi connectivity index (χ3n) is 6.51. The number of carbonyl (C=O) groups excluding carboxylic acids is 2. The van der Waals surface area contributed by atoms with Crippen molar-refractivity contribution in [3.63, 3.8) is 0 Å². The average Bonchev–Trinajstić information content (AvgIpc) is 3.56. The number of carboxylic acid groups (broad SMARTS) is 1. The number of aliphatic carboxylic acids is 1. The van der Waals surface area contributed by atoms with Crippen LogP contribution in [-0.4, -0.2) is 81.5 Å². The highest BCUT2D eigenvalue weighted by Crippen LogP contribution is 2.37. The van der Waals surface area contributed by atoms with Crippen molar-refractivity contribution in [2.24, 2.45) is 10.2 Å². The number of unbranched alkanes of at least 4 members (excludes halogenated alkanes) is 1. The number of carbonyl (C=O) groups is 3. The van der Waals surface area contributed by atoms with Crippen LogP contribution in [0.4, 0.5) is 13.2 Å². The van der Waals surface area contributed by atoms with Crippen LogP contribution in [0.2, 0.25) is 0 Å². The molecule has 1 atom stereocenters. The quantitative estimate of drug-likeness (QED) is 0.132. The number of amides is 2. The van der Waals surface area contributed by atoms with Crippen molar-refractivity contribution in [1.29, 1.82) is 0 Å². The van der Waals surface area contributed by atoms with E-state index in [0.717, 1.165) is 18.7 Å². The molecule has 0 saturated carbocycles. The van der Waals surface area contributed by atoms with Crippen LogP contribution in [0.3, 0.4) is 0 Å². The molecule has 2 N–H and O–H groups in total. The number of imidazole rings is 1. The Morgan fingerprint density at radius 2 is 1.98 bits per heavy atom. The van der Waals surface area contributed by atoms with E-state index in [1.165, 1.54) is 0 Å². The van der Waals surface area contributed by atoms with Gasteiger partial charge in [0.1, 0.15) is 11.9 Å². The molecule has 0 radical (unpaired) electrons. The van der Waals surface area contributed by atoms with Gasteiger partial charge in [-0.15, -0.1) is 18.9 Å². The van der Waals surface area contributed by atoms with Gasteiger partial charge < -0.3 is 24.6 Å². The number of halogens is 3. The van der Waals surface area contributed by atoms with Gasteiger partial charge in [-0.1, -0.05) is 19.9 Å². The average molecular weight is 613 g/mol. The van der Waals surface area contributed by atoms with Gasteiger partial charge in [-0.2, -0.15) is 23.4 Å². The zero-order valence-corrected chi connectivity index (χ0v) is 25.1. The molecule has 1 unspecified atom stereocenters. The number of ether oxygens (including phenoxy) is 1. The summed E-state index contributed by atoms with van der Waals surface area (Å²) in [6.45, 7) is 12.3. The molecule has 43 heavy (non-hydrogen) atoms. The minimum absolute atomic E-state index is 0.0813. The van der Waals surface area contributed by atoms with E-state index >= 15 is 0 Å². The van der Waals surface area contributed by atoms with E-state index in [9.17, 15) is 22.8 Å². The summed E-state index contributed by atoms with van der Waals surface area (Å²) in [6.07, 6.45) is 9.89. The minimum atomic E-state index is -5.08. The van der Waals surface area contributed by atoms with Gasteiger partial charge in [0.15, 0.2) is 5.66 Å². The lowest BCUT2D eigenvalue weighted by atomic mass is 10.0. The Hall–Kier alpha value is -3.73. The Kier molecular flexibility index (Phi) is 16.2. The number of terminal acetylenes is 1. The van der Waals surface area contributed by atoms with Crippen molar-refractivity contribution in [3.05, 3.63) is 30.9 Å². The predicted molar refractivity (Wildman–Crippen MR) is 154 cm³/mol. The molecular weight excluding hydrogens is 569 g/mol. The molecule has 2 heterocycles. The summed E-state index contributed by atoms with van der Waals surface area (Å²) in [7, 11) is 0. The van der Waals surface area contributed by atoms with Crippen molar-refractivity contribution in [2.45, 2.75) is 96.1 Å². The first-order chi connectivity index (χ1) is 20.3. The van der Waals surface area contributed by atoms with Crippen LogP contribution in [0.5, 0.6) is 0 Å². The van der Waals surface area contributed by atoms with E-state index in [4.69, 9.17) is 21.1 Å². The van der Waals surface area contributed by atoms with Gasteiger partial charge in [0, 0.05) is 70.2 Å². The highest BCUT2D eigenvalue weighted by atomic mass is 19.4. The maximum atomic E-state index is 13.6. The molecule has 0 aromatic carbocycles. The molecule has 240 valence electrons. The molecule has 0 spiro atoms. The molecule has 14 heteroatoms. The molecule has 1 aromatic rings. The van der Waals surface area contributed by atoms with Crippen LogP contribution in [0.25, 0.3) is 0 Å². The SMILES string of the molecule is C#CCCC1(CCC(=O)N(CCn2ccnc2C(C)C)C(CCCC=C)C(=O)NCCOCC)N=N1.O=C(O)C(F)(F)F. The topological polar surface area (TPSA) is 138 Å². The van der Waals surface area contributed by atoms with Gasteiger partial charge in [0.2, 0.25) is 11.8 Å². The van der Waals surface area contributed by atoms with E-state index in [2.05, 4.69) is 51.4 Å². The summed E-state index contributed by atoms with van der Waals surface area (Å²) in [6, 6.07) is -0.583. The number of rotatable bonds is 19. The second-order valence-electron chi connectivity index (χ2n) is 10.1. The molecule has 1 aromatic heterocycles. The van der Waals surface area contributed by atoms with E-state index in [1.807, 2.05) is 19.2 Å². The van der Waals surface area contributed by atoms with Gasteiger partial charge >= 0.3 is 12.1 Å². The lowest BCUT2D eigenvalue weighted by molar-refractivity contribution is -0.192. The number of nitrogens with zero attached hydrogens (tertiary/aromatic N) is 5. The largest absolute Gasteiger partial charge is 0.490 e. The van der Waals surface area contributed by atoms with Gasteiger partial charge in [-0.3, -0.25) is 9.59 Å². The fraction of sp³-hybridized carbons (Fsp3) is 0.655. The second kappa shape index (κ2) is 18.7. The first-order valence-corrected chi connectivity index (χ1v) is 14.3. The molecular formula is C29H43F3N6O5. The van der Waals surface area contributed by atoms with Crippen LogP contribution in [0.15, 0.2) is 35.3 Å². The lowest BCUT2D eigenvalue weighted by Crippen LogP contribution is -2.51. The van der Waals surface area contributed by atoms with Crippen LogP contribution < -0.4 is 5.32 Å². The van der Waals surface area contributed by atoms with Gasteiger partial charge in [0.05, 0.1) is 6.61 Å². The first kappa shape index (κ1) is 37.3. The molecule has 1 aliphatic heterocycles. The standard InChI is InChI=1S/C27H42N6O3.C2HF3O2/c1-6-9-11-12-23(26(35)29-17-21-36-8-3)33(20-19-32-18-16-28-25(32)22(4)5)24(34)13-15-27(30-31-27)14-10-7-2;3-2(4,5)1(6)7/h2,6,16,18,22-23H,1,8-15,17,19-21H2,3-5H3,(H,29,35);(H,6,7). The van der Waals surface area contributed by atoms with Crippen LogP contribution in [0, 0.1) is 12.3 Å². The molecule has 11 nitrogen and oxygen atoms in total. The summed E-state index contributed by atoms with van der Waals surface area (Å²) in [4.78, 5) is 41.9. The number of hydrogen-bond acceptors (Lipinski definition) is 7. The minimum Gasteiger partial charge on any atom is -0.475 e. The van der Waals surface area contributed by atoms with E-state index in [0.29, 0.717) is 58.5 Å². The molecule has 2 amide bonds. The van der Waals surface area contributed by atoms with Crippen molar-refractivity contribution in [2.75, 3.05) is 26.3 Å². The van der Waals surface area contributed by atoms with Crippen molar-refractivity contribution < 1.29 is 37.4 Å². The van der Waals surface area contributed by atoms with Crippen molar-refractivity contribution in [1.82, 2.24) is 19.8 Å². The maximum absolute atomic E-state index is 13.6. The normalized spacial score (nSPS) is 13.8. The van der Waals surface area contributed by atoms with Gasteiger partial charge in [-0.25, -0.2) is 9.78 Å². The molecule has 0 aliphatic carbocycles. The van der Waals surface area contributed by atoms with E-state index < -0.39 is 23.9 Å². The molecule has 1 aliphatic rings. The maximum Gasteiger partial charge on any atom is 0.490 e. The Labute approximate surface area is 251 Å². The molecule has 0 bridgehead atoms. The Morgan fingerprint density at radius 3 is 2.51 bits per heavy atom. The van der Waals surface area contributed by atoms with Gasteiger partial charge in [0.25, 0.3) is 0 Å². The second-order valence-corrected chi connectivity index (χ2v) is 10.1. The van der Waals surface area contributed by atoms with Crippen molar-refractivity contribution in [3.8, 4) is 12.3 Å². The van der Waals surface area contributed by atoms with Crippen LogP contribution in [-0.2, 0) is 25.7 Å². The number of hydrogen-bond donors (Lipinski definition) is 2.